The molecule has 3 aromatic rings. The van der Waals surface area contributed by atoms with Crippen molar-refractivity contribution < 1.29 is 23.1 Å². The molecule has 1 unspecified atom stereocenters. The number of pyridine rings is 1. The van der Waals surface area contributed by atoms with E-state index in [-0.39, 0.29) is 42.9 Å². The lowest BCUT2D eigenvalue weighted by molar-refractivity contribution is -0.161. The first kappa shape index (κ1) is 30.5. The fourth-order valence-corrected chi connectivity index (χ4v) is 7.57. The quantitative estimate of drug-likeness (QED) is 0.276. The van der Waals surface area contributed by atoms with E-state index >= 15 is 0 Å². The first-order chi connectivity index (χ1) is 20.0. The summed E-state index contributed by atoms with van der Waals surface area (Å²) < 4.78 is 29.0. The van der Waals surface area contributed by atoms with Crippen LogP contribution in [0.3, 0.4) is 0 Å². The maximum absolute atomic E-state index is 14.5. The molecule has 1 saturated heterocycles. The molecule has 222 valence electrons. The van der Waals surface area contributed by atoms with Crippen LogP contribution < -0.4 is 4.72 Å². The second-order valence-corrected chi connectivity index (χ2v) is 14.2. The number of halogens is 2. The van der Waals surface area contributed by atoms with E-state index in [9.17, 15) is 23.1 Å². The third-order valence-corrected chi connectivity index (χ3v) is 10.0. The lowest BCUT2D eigenvalue weighted by Gasteiger charge is -2.52. The SMILES string of the molecule is C[C@]1(CC(=O)O)C[C@H](c2cccc(Cl)c2)[C@@H](c2ccc(Cl)cc2)N(C(CNS(=O)(=O)Cc2ccccn2)C2CC2)C1=O. The summed E-state index contributed by atoms with van der Waals surface area (Å²) in [7, 11) is -3.78. The van der Waals surface area contributed by atoms with E-state index in [0.717, 1.165) is 24.0 Å². The van der Waals surface area contributed by atoms with Gasteiger partial charge in [0.2, 0.25) is 15.9 Å². The van der Waals surface area contributed by atoms with Crippen molar-refractivity contribution in [1.29, 1.82) is 0 Å². The second kappa shape index (κ2) is 12.3. The molecule has 2 aliphatic rings. The molecule has 2 N–H and O–H groups in total. The van der Waals surface area contributed by atoms with E-state index in [1.807, 2.05) is 30.3 Å². The summed E-state index contributed by atoms with van der Waals surface area (Å²) in [5.41, 5.74) is 0.900. The normalized spacial score (nSPS) is 23.5. The summed E-state index contributed by atoms with van der Waals surface area (Å²) >= 11 is 12.7. The van der Waals surface area contributed by atoms with Crippen LogP contribution >= 0.6 is 23.2 Å². The van der Waals surface area contributed by atoms with Crippen LogP contribution in [0.25, 0.3) is 0 Å². The van der Waals surface area contributed by atoms with Crippen molar-refractivity contribution in [1.82, 2.24) is 14.6 Å². The van der Waals surface area contributed by atoms with Gasteiger partial charge in [-0.1, -0.05) is 60.5 Å². The summed E-state index contributed by atoms with van der Waals surface area (Å²) in [6.45, 7) is 1.70. The average molecular weight is 631 g/mol. The van der Waals surface area contributed by atoms with Crippen LogP contribution in [-0.4, -0.2) is 47.9 Å². The molecule has 2 heterocycles. The zero-order valence-electron chi connectivity index (χ0n) is 23.1. The molecule has 42 heavy (non-hydrogen) atoms. The van der Waals surface area contributed by atoms with Gasteiger partial charge in [-0.2, -0.15) is 0 Å². The Morgan fingerprint density at radius 3 is 2.43 bits per heavy atom. The van der Waals surface area contributed by atoms with Gasteiger partial charge in [-0.05, 0) is 72.7 Å². The zero-order valence-corrected chi connectivity index (χ0v) is 25.4. The molecule has 1 amide bonds. The van der Waals surface area contributed by atoms with Crippen LogP contribution in [0.5, 0.6) is 0 Å². The van der Waals surface area contributed by atoms with E-state index in [4.69, 9.17) is 23.2 Å². The first-order valence-electron chi connectivity index (χ1n) is 13.9. The van der Waals surface area contributed by atoms with Gasteiger partial charge in [-0.15, -0.1) is 0 Å². The number of benzene rings is 2. The van der Waals surface area contributed by atoms with Crippen LogP contribution in [-0.2, 0) is 25.4 Å². The molecule has 2 fully saturated rings. The van der Waals surface area contributed by atoms with Gasteiger partial charge >= 0.3 is 5.97 Å². The number of aromatic nitrogens is 1. The summed E-state index contributed by atoms with van der Waals surface area (Å²) in [5.74, 6) is -1.91. The monoisotopic (exact) mass is 629 g/mol. The number of carbonyl (C=O) groups is 2. The number of nitrogens with one attached hydrogen (secondary N) is 1. The van der Waals surface area contributed by atoms with Crippen LogP contribution in [0, 0.1) is 11.3 Å². The minimum atomic E-state index is -3.78. The van der Waals surface area contributed by atoms with Crippen LogP contribution in [0.1, 0.15) is 61.4 Å². The Labute approximate surface area is 256 Å². The number of hydrogen-bond donors (Lipinski definition) is 2. The number of aliphatic carboxylic acids is 1. The summed E-state index contributed by atoms with van der Waals surface area (Å²) in [4.78, 5) is 32.4. The Balaban J connectivity index is 1.58. The number of nitrogens with zero attached hydrogens (tertiary/aromatic N) is 2. The molecule has 11 heteroatoms. The minimum absolute atomic E-state index is 0.00107. The van der Waals surface area contributed by atoms with Crippen molar-refractivity contribution in [3.8, 4) is 0 Å². The molecule has 0 radical (unpaired) electrons. The molecule has 1 aromatic heterocycles. The lowest BCUT2D eigenvalue weighted by atomic mass is 9.67. The van der Waals surface area contributed by atoms with Gasteiger partial charge in [0, 0.05) is 34.7 Å². The van der Waals surface area contributed by atoms with Gasteiger partial charge in [0.15, 0.2) is 0 Å². The van der Waals surface area contributed by atoms with Gasteiger partial charge in [0.05, 0.1) is 23.6 Å². The van der Waals surface area contributed by atoms with Crippen molar-refractivity contribution in [3.63, 3.8) is 0 Å². The third kappa shape index (κ3) is 6.97. The van der Waals surface area contributed by atoms with E-state index in [0.29, 0.717) is 15.7 Å². The Kier molecular flexibility index (Phi) is 8.94. The van der Waals surface area contributed by atoms with Crippen molar-refractivity contribution in [2.24, 2.45) is 11.3 Å². The molecule has 8 nitrogen and oxygen atoms in total. The lowest BCUT2D eigenvalue weighted by Crippen LogP contribution is -2.59. The highest BCUT2D eigenvalue weighted by Gasteiger charge is 2.54. The number of amides is 1. The number of rotatable bonds is 11. The number of likely N-dealkylation sites (tertiary alicyclic amines) is 1. The van der Waals surface area contributed by atoms with Gasteiger partial charge in [0.1, 0.15) is 5.75 Å². The number of hydrogen-bond acceptors (Lipinski definition) is 5. The molecular formula is C31H33Cl2N3O5S. The minimum Gasteiger partial charge on any atom is -0.481 e. The Morgan fingerprint density at radius 2 is 1.81 bits per heavy atom. The predicted molar refractivity (Wildman–Crippen MR) is 162 cm³/mol. The topological polar surface area (TPSA) is 117 Å². The number of piperidine rings is 1. The zero-order chi connectivity index (χ0) is 30.1. The van der Waals surface area contributed by atoms with Crippen molar-refractivity contribution >= 4 is 45.1 Å². The van der Waals surface area contributed by atoms with E-state index in [2.05, 4.69) is 9.71 Å². The van der Waals surface area contributed by atoms with Gasteiger partial charge in [-0.25, -0.2) is 13.1 Å². The Hall–Kier alpha value is -2.98. The number of carboxylic acid groups (broad SMARTS) is 1. The van der Waals surface area contributed by atoms with E-state index in [1.165, 1.54) is 0 Å². The number of carboxylic acids is 1. The highest BCUT2D eigenvalue weighted by Crippen LogP contribution is 2.54. The highest BCUT2D eigenvalue weighted by atomic mass is 35.5. The summed E-state index contributed by atoms with van der Waals surface area (Å²) in [5, 5.41) is 10.9. The van der Waals surface area contributed by atoms with Crippen LogP contribution in [0.4, 0.5) is 0 Å². The fourth-order valence-electron chi connectivity index (χ4n) is 6.16. The third-order valence-electron chi connectivity index (χ3n) is 8.23. The first-order valence-corrected chi connectivity index (χ1v) is 16.3. The van der Waals surface area contributed by atoms with Crippen molar-refractivity contribution in [2.45, 2.75) is 56.4 Å². The number of carbonyl (C=O) groups excluding carboxylic acids is 1. The van der Waals surface area contributed by atoms with Crippen LogP contribution in [0.2, 0.25) is 10.0 Å². The molecule has 1 saturated carbocycles. The van der Waals surface area contributed by atoms with E-state index < -0.39 is 33.5 Å². The summed E-state index contributed by atoms with van der Waals surface area (Å²) in [6, 6.07) is 18.8. The van der Waals surface area contributed by atoms with Gasteiger partial charge in [0.25, 0.3) is 0 Å². The summed E-state index contributed by atoms with van der Waals surface area (Å²) in [6.07, 6.45) is 3.14. The predicted octanol–water partition coefficient (Wildman–Crippen LogP) is 5.82. The maximum atomic E-state index is 14.5. The van der Waals surface area contributed by atoms with Crippen molar-refractivity contribution in [3.05, 3.63) is 99.8 Å². The average Bonchev–Trinajstić information content (AvgIpc) is 3.77. The largest absolute Gasteiger partial charge is 0.481 e. The molecule has 0 spiro atoms. The Morgan fingerprint density at radius 1 is 1.07 bits per heavy atom. The Bertz CT molecular complexity index is 1550. The molecule has 1 aliphatic heterocycles. The smallest absolute Gasteiger partial charge is 0.304 e. The van der Waals surface area contributed by atoms with E-state index in [1.54, 1.807) is 54.4 Å². The molecule has 2 aromatic carbocycles. The molecule has 1 aliphatic carbocycles. The molecule has 5 rings (SSSR count). The molecule has 0 bridgehead atoms. The van der Waals surface area contributed by atoms with Crippen molar-refractivity contribution in [2.75, 3.05) is 6.54 Å². The van der Waals surface area contributed by atoms with Gasteiger partial charge in [-0.3, -0.25) is 14.6 Å². The maximum Gasteiger partial charge on any atom is 0.304 e. The highest BCUT2D eigenvalue weighted by molar-refractivity contribution is 7.88. The molecular weight excluding hydrogens is 597 g/mol. The van der Waals surface area contributed by atoms with Crippen LogP contribution in [0.15, 0.2) is 72.9 Å². The standard InChI is InChI=1S/C31H33Cl2N3O5S/c1-31(17-28(37)38)16-26(22-5-4-6-24(33)15-22)29(21-10-12-23(32)13-11-21)36(30(31)39)27(20-8-9-20)18-35-42(40,41)19-25-7-2-3-14-34-25/h2-7,10-15,20,26-27,29,35H,8-9,16-19H2,1H3,(H,37,38)/t26-,27?,29-,31-/m1/s1. The molecule has 4 atom stereocenters. The van der Waals surface area contributed by atoms with Gasteiger partial charge < -0.3 is 10.0 Å². The number of sulfonamides is 1. The second-order valence-electron chi connectivity index (χ2n) is 11.5. The fraction of sp³-hybridized carbons (Fsp3) is 0.387.